The van der Waals surface area contributed by atoms with Gasteiger partial charge in [0.15, 0.2) is 0 Å². The number of carbonyl (C=O) groups is 1. The van der Waals surface area contributed by atoms with Gasteiger partial charge in [-0.2, -0.15) is 4.31 Å². The minimum Gasteiger partial charge on any atom is -0.302 e. The van der Waals surface area contributed by atoms with Gasteiger partial charge in [-0.15, -0.1) is 0 Å². The first kappa shape index (κ1) is 21.7. The lowest BCUT2D eigenvalue weighted by Gasteiger charge is -2.26. The second-order valence-corrected chi connectivity index (χ2v) is 8.98. The van der Waals surface area contributed by atoms with Crippen LogP contribution in [-0.4, -0.2) is 31.6 Å². The first-order valence-electron chi connectivity index (χ1n) is 9.80. The summed E-state index contributed by atoms with van der Waals surface area (Å²) in [5.41, 5.74) is 2.85. The maximum absolute atomic E-state index is 13.4. The smallest absolute Gasteiger partial charge is 0.244 e. The Labute approximate surface area is 178 Å². The molecule has 0 aromatic heterocycles. The largest absolute Gasteiger partial charge is 0.302 e. The van der Waals surface area contributed by atoms with Gasteiger partial charge in [0.2, 0.25) is 10.0 Å². The minimum atomic E-state index is -3.85. The van der Waals surface area contributed by atoms with Crippen LogP contribution in [0, 0.1) is 6.92 Å². The standard InChI is InChI=1S/C25H25NO3S/c1-21-14-16-25(17-15-21)30(28,29)26(18-8-13-22-9-4-2-5-10-22)24(20-27)19-23-11-6-3-7-12-23/h2-17,20,24H,18-19H2,1H3/b13-8+/t24-/m0/s1. The van der Waals surface area contributed by atoms with E-state index in [9.17, 15) is 13.2 Å². The highest BCUT2D eigenvalue weighted by Crippen LogP contribution is 2.21. The number of aldehydes is 1. The van der Waals surface area contributed by atoms with Gasteiger partial charge in [-0.05, 0) is 36.6 Å². The van der Waals surface area contributed by atoms with Crippen LogP contribution in [0.4, 0.5) is 0 Å². The molecule has 5 heteroatoms. The molecule has 1 atom stereocenters. The molecule has 0 saturated heterocycles. The third-order valence-electron chi connectivity index (χ3n) is 4.84. The summed E-state index contributed by atoms with van der Waals surface area (Å²) < 4.78 is 28.1. The fourth-order valence-corrected chi connectivity index (χ4v) is 4.70. The summed E-state index contributed by atoms with van der Waals surface area (Å²) in [5.74, 6) is 0. The van der Waals surface area contributed by atoms with Crippen LogP contribution < -0.4 is 0 Å². The average Bonchev–Trinajstić information content (AvgIpc) is 2.77. The van der Waals surface area contributed by atoms with Crippen molar-refractivity contribution in [3.8, 4) is 0 Å². The highest BCUT2D eigenvalue weighted by Gasteiger charge is 2.30. The fourth-order valence-electron chi connectivity index (χ4n) is 3.19. The molecule has 154 valence electrons. The molecule has 0 N–H and O–H groups in total. The van der Waals surface area contributed by atoms with E-state index < -0.39 is 16.1 Å². The van der Waals surface area contributed by atoms with Crippen molar-refractivity contribution in [1.82, 2.24) is 4.31 Å². The van der Waals surface area contributed by atoms with Crippen LogP contribution in [-0.2, 0) is 21.2 Å². The Morgan fingerprint density at radius 3 is 2.07 bits per heavy atom. The molecule has 30 heavy (non-hydrogen) atoms. The molecule has 0 saturated carbocycles. The normalized spacial score (nSPS) is 12.9. The van der Waals surface area contributed by atoms with E-state index in [0.29, 0.717) is 6.42 Å². The predicted octanol–water partition coefficient (Wildman–Crippen LogP) is 4.51. The average molecular weight is 420 g/mol. The summed E-state index contributed by atoms with van der Waals surface area (Å²) in [6.07, 6.45) is 4.67. The minimum absolute atomic E-state index is 0.0986. The second-order valence-electron chi connectivity index (χ2n) is 7.09. The van der Waals surface area contributed by atoms with E-state index in [4.69, 9.17) is 0 Å². The van der Waals surface area contributed by atoms with Crippen molar-refractivity contribution in [2.24, 2.45) is 0 Å². The third-order valence-corrected chi connectivity index (χ3v) is 6.74. The van der Waals surface area contributed by atoms with Gasteiger partial charge in [0, 0.05) is 6.54 Å². The molecule has 0 unspecified atom stereocenters. The van der Waals surface area contributed by atoms with E-state index >= 15 is 0 Å². The van der Waals surface area contributed by atoms with Gasteiger partial charge in [0.1, 0.15) is 6.29 Å². The van der Waals surface area contributed by atoms with Gasteiger partial charge in [0.05, 0.1) is 10.9 Å². The molecule has 3 aromatic carbocycles. The van der Waals surface area contributed by atoms with Crippen LogP contribution >= 0.6 is 0 Å². The predicted molar refractivity (Wildman–Crippen MR) is 121 cm³/mol. The van der Waals surface area contributed by atoms with Crippen molar-refractivity contribution in [1.29, 1.82) is 0 Å². The molecule has 0 amide bonds. The molecule has 4 nitrogen and oxygen atoms in total. The van der Waals surface area contributed by atoms with E-state index in [1.54, 1.807) is 30.3 Å². The lowest BCUT2D eigenvalue weighted by Crippen LogP contribution is -2.42. The fraction of sp³-hybridized carbons (Fsp3) is 0.160. The summed E-state index contributed by atoms with van der Waals surface area (Å²) in [6.45, 7) is 2.00. The maximum Gasteiger partial charge on any atom is 0.244 e. The molecule has 0 spiro atoms. The Morgan fingerprint density at radius 1 is 0.867 bits per heavy atom. The number of nitrogens with zero attached hydrogens (tertiary/aromatic N) is 1. The second kappa shape index (κ2) is 10.1. The van der Waals surface area contributed by atoms with Crippen LogP contribution in [0.1, 0.15) is 16.7 Å². The summed E-state index contributed by atoms with van der Waals surface area (Å²) in [6, 6.07) is 25.0. The van der Waals surface area contributed by atoms with Crippen molar-refractivity contribution < 1.29 is 13.2 Å². The van der Waals surface area contributed by atoms with Crippen LogP contribution in [0.5, 0.6) is 0 Å². The number of carbonyl (C=O) groups excluding carboxylic acids is 1. The van der Waals surface area contributed by atoms with Crippen molar-refractivity contribution in [3.05, 3.63) is 108 Å². The van der Waals surface area contributed by atoms with Crippen LogP contribution in [0.3, 0.4) is 0 Å². The summed E-state index contributed by atoms with van der Waals surface area (Å²) >= 11 is 0. The molecule has 3 rings (SSSR count). The number of sulfonamides is 1. The first-order valence-corrected chi connectivity index (χ1v) is 11.2. The van der Waals surface area contributed by atoms with Gasteiger partial charge in [-0.1, -0.05) is 90.5 Å². The van der Waals surface area contributed by atoms with Crippen molar-refractivity contribution >= 4 is 22.4 Å². The zero-order valence-corrected chi connectivity index (χ0v) is 17.7. The Bertz CT molecular complexity index is 1080. The molecule has 0 aliphatic heterocycles. The quantitative estimate of drug-likeness (QED) is 0.480. The molecular formula is C25H25NO3S. The van der Waals surface area contributed by atoms with Crippen LogP contribution in [0.2, 0.25) is 0 Å². The highest BCUT2D eigenvalue weighted by atomic mass is 32.2. The van der Waals surface area contributed by atoms with Crippen LogP contribution in [0.25, 0.3) is 6.08 Å². The maximum atomic E-state index is 13.4. The first-order chi connectivity index (χ1) is 14.5. The lowest BCUT2D eigenvalue weighted by atomic mass is 10.1. The Morgan fingerprint density at radius 2 is 1.47 bits per heavy atom. The van der Waals surface area contributed by atoms with Gasteiger partial charge >= 0.3 is 0 Å². The zero-order chi connectivity index (χ0) is 21.4. The van der Waals surface area contributed by atoms with Gasteiger partial charge < -0.3 is 4.79 Å². The third kappa shape index (κ3) is 5.53. The Hall–Kier alpha value is -3.02. The lowest BCUT2D eigenvalue weighted by molar-refractivity contribution is -0.110. The van der Waals surface area contributed by atoms with E-state index in [1.165, 1.54) is 4.31 Å². The SMILES string of the molecule is Cc1ccc(S(=O)(=O)N(C/C=C/c2ccccc2)[C@H](C=O)Cc2ccccc2)cc1. The highest BCUT2D eigenvalue weighted by molar-refractivity contribution is 7.89. The summed E-state index contributed by atoms with van der Waals surface area (Å²) in [5, 5.41) is 0. The van der Waals surface area contributed by atoms with E-state index in [1.807, 2.05) is 73.7 Å². The number of aryl methyl sites for hydroxylation is 1. The van der Waals surface area contributed by atoms with E-state index in [-0.39, 0.29) is 11.4 Å². The topological polar surface area (TPSA) is 54.5 Å². The molecular weight excluding hydrogens is 394 g/mol. The molecule has 3 aromatic rings. The molecule has 0 radical (unpaired) electrons. The number of hydrogen-bond acceptors (Lipinski definition) is 3. The van der Waals surface area contributed by atoms with Crippen molar-refractivity contribution in [2.75, 3.05) is 6.54 Å². The molecule has 0 fully saturated rings. The van der Waals surface area contributed by atoms with E-state index in [2.05, 4.69) is 0 Å². The van der Waals surface area contributed by atoms with Crippen LogP contribution in [0.15, 0.2) is 95.9 Å². The van der Waals surface area contributed by atoms with Gasteiger partial charge in [-0.25, -0.2) is 8.42 Å². The van der Waals surface area contributed by atoms with Gasteiger partial charge in [0.25, 0.3) is 0 Å². The summed E-state index contributed by atoms with van der Waals surface area (Å²) in [4.78, 5) is 12.2. The summed E-state index contributed by atoms with van der Waals surface area (Å²) in [7, 11) is -3.85. The van der Waals surface area contributed by atoms with Gasteiger partial charge in [-0.3, -0.25) is 0 Å². The molecule has 0 aliphatic carbocycles. The molecule has 0 bridgehead atoms. The Kier molecular flexibility index (Phi) is 7.33. The monoisotopic (exact) mass is 419 g/mol. The number of hydrogen-bond donors (Lipinski definition) is 0. The van der Waals surface area contributed by atoms with Crippen molar-refractivity contribution in [2.45, 2.75) is 24.3 Å². The molecule has 0 aliphatic rings. The molecule has 0 heterocycles. The zero-order valence-electron chi connectivity index (χ0n) is 16.9. The van der Waals surface area contributed by atoms with E-state index in [0.717, 1.165) is 23.0 Å². The van der Waals surface area contributed by atoms with Crippen molar-refractivity contribution in [3.63, 3.8) is 0 Å². The Balaban J connectivity index is 1.93. The number of rotatable bonds is 9. The number of benzene rings is 3.